The van der Waals surface area contributed by atoms with Crippen molar-refractivity contribution in [2.75, 3.05) is 0 Å². The smallest absolute Gasteiger partial charge is 0.292 e. The largest absolute Gasteiger partial charge is 0.357 e. The minimum atomic E-state index is -4.09. The minimum Gasteiger partial charge on any atom is -0.357 e. The molecule has 21 heavy (non-hydrogen) atoms. The molecule has 4 nitrogen and oxygen atoms in total. The van der Waals surface area contributed by atoms with Crippen LogP contribution in [0.1, 0.15) is 90.4 Å². The van der Waals surface area contributed by atoms with Crippen molar-refractivity contribution < 1.29 is 17.7 Å². The molecule has 126 valence electrons. The molecule has 1 saturated carbocycles. The molecular formula is C16H32O4S. The number of ether oxygens (including phenoxy) is 1. The zero-order valence-corrected chi connectivity index (χ0v) is 14.2. The van der Waals surface area contributed by atoms with Gasteiger partial charge in [-0.3, -0.25) is 4.55 Å². The van der Waals surface area contributed by atoms with Gasteiger partial charge in [-0.2, -0.15) is 8.42 Å². The average Bonchev–Trinajstić information content (AvgIpc) is 2.45. The standard InChI is InChI=1S/C16H32O4S/c1-2-3-4-5-6-7-11-14-16(21(17,18)19)20-15-12-9-8-10-13-15/h15-16H,2-14H2,1H3,(H,17,18,19). The second-order valence-corrected chi connectivity index (χ2v) is 7.81. The Labute approximate surface area is 130 Å². The first-order valence-electron chi connectivity index (χ1n) is 8.65. The highest BCUT2D eigenvalue weighted by molar-refractivity contribution is 7.86. The maximum absolute atomic E-state index is 11.4. The van der Waals surface area contributed by atoms with E-state index in [2.05, 4.69) is 6.92 Å². The zero-order valence-electron chi connectivity index (χ0n) is 13.4. The van der Waals surface area contributed by atoms with Crippen molar-refractivity contribution in [2.24, 2.45) is 0 Å². The van der Waals surface area contributed by atoms with E-state index in [4.69, 9.17) is 4.74 Å². The molecule has 1 fully saturated rings. The summed E-state index contributed by atoms with van der Waals surface area (Å²) in [5.41, 5.74) is -1.02. The van der Waals surface area contributed by atoms with Crippen LogP contribution in [0.2, 0.25) is 0 Å². The van der Waals surface area contributed by atoms with Crippen molar-refractivity contribution in [2.45, 2.75) is 102 Å². The van der Waals surface area contributed by atoms with Gasteiger partial charge in [0, 0.05) is 0 Å². The van der Waals surface area contributed by atoms with E-state index in [1.165, 1.54) is 32.1 Å². The van der Waals surface area contributed by atoms with Gasteiger partial charge in [-0.1, -0.05) is 64.7 Å². The lowest BCUT2D eigenvalue weighted by atomic mass is 9.98. The fraction of sp³-hybridized carbons (Fsp3) is 1.00. The number of hydrogen-bond acceptors (Lipinski definition) is 3. The normalized spacial score (nSPS) is 18.8. The van der Waals surface area contributed by atoms with Crippen molar-refractivity contribution in [1.29, 1.82) is 0 Å². The lowest BCUT2D eigenvalue weighted by Gasteiger charge is -2.26. The van der Waals surface area contributed by atoms with E-state index in [0.29, 0.717) is 6.42 Å². The number of hydrogen-bond donors (Lipinski definition) is 1. The molecule has 0 aromatic carbocycles. The molecule has 1 atom stereocenters. The second kappa shape index (κ2) is 10.6. The van der Waals surface area contributed by atoms with E-state index < -0.39 is 15.6 Å². The van der Waals surface area contributed by atoms with Crippen LogP contribution in [0, 0.1) is 0 Å². The third kappa shape index (κ3) is 8.79. The first-order valence-corrected chi connectivity index (χ1v) is 10.2. The van der Waals surface area contributed by atoms with Crippen LogP contribution in [0.3, 0.4) is 0 Å². The summed E-state index contributed by atoms with van der Waals surface area (Å²) >= 11 is 0. The van der Waals surface area contributed by atoms with Gasteiger partial charge in [0.15, 0.2) is 5.44 Å². The highest BCUT2D eigenvalue weighted by Crippen LogP contribution is 2.24. The Morgan fingerprint density at radius 1 is 1.00 bits per heavy atom. The summed E-state index contributed by atoms with van der Waals surface area (Å²) in [6, 6.07) is 0. The van der Waals surface area contributed by atoms with Crippen LogP contribution >= 0.6 is 0 Å². The van der Waals surface area contributed by atoms with Crippen LogP contribution in [-0.4, -0.2) is 24.5 Å². The predicted molar refractivity (Wildman–Crippen MR) is 85.9 cm³/mol. The predicted octanol–water partition coefficient (Wildman–Crippen LogP) is 4.69. The first-order chi connectivity index (χ1) is 10.0. The molecule has 0 spiro atoms. The van der Waals surface area contributed by atoms with Gasteiger partial charge in [0.2, 0.25) is 0 Å². The summed E-state index contributed by atoms with van der Waals surface area (Å²) in [5.74, 6) is 0. The SMILES string of the molecule is CCCCCCCCCC(OC1CCCCC1)S(=O)(=O)O. The summed E-state index contributed by atoms with van der Waals surface area (Å²) in [6.07, 6.45) is 13.6. The summed E-state index contributed by atoms with van der Waals surface area (Å²) in [4.78, 5) is 0. The molecule has 0 amide bonds. The van der Waals surface area contributed by atoms with Gasteiger partial charge in [-0.05, 0) is 25.7 Å². The molecule has 1 aliphatic rings. The molecule has 1 unspecified atom stereocenters. The molecule has 0 aliphatic heterocycles. The van der Waals surface area contributed by atoms with Crippen LogP contribution in [0.25, 0.3) is 0 Å². The van der Waals surface area contributed by atoms with Gasteiger partial charge < -0.3 is 4.74 Å². The Morgan fingerprint density at radius 3 is 2.14 bits per heavy atom. The fourth-order valence-electron chi connectivity index (χ4n) is 2.97. The minimum absolute atomic E-state index is 0.00947. The number of rotatable bonds is 11. The van der Waals surface area contributed by atoms with Gasteiger partial charge in [-0.15, -0.1) is 0 Å². The summed E-state index contributed by atoms with van der Waals surface area (Å²) in [5, 5.41) is 0. The molecule has 5 heteroatoms. The van der Waals surface area contributed by atoms with Crippen LogP contribution in [0.4, 0.5) is 0 Å². The monoisotopic (exact) mass is 320 g/mol. The topological polar surface area (TPSA) is 63.6 Å². The lowest BCUT2D eigenvalue weighted by molar-refractivity contribution is 0.000317. The van der Waals surface area contributed by atoms with E-state index in [1.54, 1.807) is 0 Å². The van der Waals surface area contributed by atoms with Crippen molar-refractivity contribution in [1.82, 2.24) is 0 Å². The molecule has 0 heterocycles. The van der Waals surface area contributed by atoms with Gasteiger partial charge in [-0.25, -0.2) is 0 Å². The molecule has 0 bridgehead atoms. The third-order valence-corrected chi connectivity index (χ3v) is 5.28. The van der Waals surface area contributed by atoms with Crippen molar-refractivity contribution in [3.63, 3.8) is 0 Å². The molecule has 0 saturated heterocycles. The Hall–Kier alpha value is -0.130. The van der Waals surface area contributed by atoms with Crippen LogP contribution in [0.5, 0.6) is 0 Å². The first kappa shape index (κ1) is 18.9. The molecule has 0 aromatic heterocycles. The van der Waals surface area contributed by atoms with Crippen LogP contribution in [-0.2, 0) is 14.9 Å². The van der Waals surface area contributed by atoms with Crippen molar-refractivity contribution in [3.8, 4) is 0 Å². The molecular weight excluding hydrogens is 288 g/mol. The lowest BCUT2D eigenvalue weighted by Crippen LogP contribution is -2.30. The maximum atomic E-state index is 11.4. The molecule has 0 aromatic rings. The van der Waals surface area contributed by atoms with Gasteiger partial charge in [0.05, 0.1) is 6.10 Å². The Bertz CT molecular complexity index is 347. The Kier molecular flexibility index (Phi) is 9.52. The van der Waals surface area contributed by atoms with Crippen molar-refractivity contribution in [3.05, 3.63) is 0 Å². The highest BCUT2D eigenvalue weighted by atomic mass is 32.2. The summed E-state index contributed by atoms with van der Waals surface area (Å²) < 4.78 is 37.9. The third-order valence-electron chi connectivity index (χ3n) is 4.27. The quantitative estimate of drug-likeness (QED) is 0.443. The summed E-state index contributed by atoms with van der Waals surface area (Å²) in [6.45, 7) is 2.19. The zero-order chi connectivity index (χ0) is 15.6. The fourth-order valence-corrected chi connectivity index (χ4v) is 3.73. The van der Waals surface area contributed by atoms with Crippen LogP contribution < -0.4 is 0 Å². The van der Waals surface area contributed by atoms with E-state index in [-0.39, 0.29) is 6.10 Å². The Morgan fingerprint density at radius 2 is 1.57 bits per heavy atom. The van der Waals surface area contributed by atoms with E-state index in [1.807, 2.05) is 0 Å². The molecule has 1 N–H and O–H groups in total. The van der Waals surface area contributed by atoms with E-state index >= 15 is 0 Å². The Balaban J connectivity index is 2.24. The second-order valence-electron chi connectivity index (χ2n) is 6.25. The van der Waals surface area contributed by atoms with Crippen molar-refractivity contribution >= 4 is 10.1 Å². The number of unbranched alkanes of at least 4 members (excludes halogenated alkanes) is 6. The summed E-state index contributed by atoms with van der Waals surface area (Å²) in [7, 11) is -4.09. The molecule has 1 rings (SSSR count). The van der Waals surface area contributed by atoms with Gasteiger partial charge in [0.25, 0.3) is 10.1 Å². The van der Waals surface area contributed by atoms with Gasteiger partial charge >= 0.3 is 0 Å². The van der Waals surface area contributed by atoms with E-state index in [9.17, 15) is 13.0 Å². The average molecular weight is 320 g/mol. The van der Waals surface area contributed by atoms with E-state index in [0.717, 1.165) is 44.9 Å². The van der Waals surface area contributed by atoms with Gasteiger partial charge in [0.1, 0.15) is 0 Å². The maximum Gasteiger partial charge on any atom is 0.292 e. The molecule has 0 radical (unpaired) electrons. The molecule has 1 aliphatic carbocycles. The highest BCUT2D eigenvalue weighted by Gasteiger charge is 2.27. The van der Waals surface area contributed by atoms with Crippen LogP contribution in [0.15, 0.2) is 0 Å².